The molecule has 0 radical (unpaired) electrons. The van der Waals surface area contributed by atoms with Gasteiger partial charge in [0.1, 0.15) is 17.4 Å². The van der Waals surface area contributed by atoms with Crippen molar-refractivity contribution in [1.82, 2.24) is 9.36 Å². The third kappa shape index (κ3) is 6.26. The van der Waals surface area contributed by atoms with Crippen LogP contribution in [0, 0.1) is 19.7 Å². The number of aryl methyl sites for hydroxylation is 2. The maximum Gasteiger partial charge on any atom is 0.226 e. The summed E-state index contributed by atoms with van der Waals surface area (Å²) in [6.45, 7) is 5.01. The maximum absolute atomic E-state index is 13.2. The summed E-state index contributed by atoms with van der Waals surface area (Å²) in [5.74, 6) is 1.10. The largest absolute Gasteiger partial charge is 0.467 e. The molecule has 0 aliphatic carbocycles. The van der Waals surface area contributed by atoms with Crippen LogP contribution in [0.4, 0.5) is 15.2 Å². The first-order valence-electron chi connectivity index (χ1n) is 10.7. The van der Waals surface area contributed by atoms with E-state index in [-0.39, 0.29) is 11.7 Å². The standard InChI is InChI=1S/C25H25FN4O2S/c1-17-5-10-21(14-18(17)2)27-24(31)11-12-30(16-22-4-3-13-32-22)25-28-23(29-33-25)15-19-6-8-20(26)9-7-19/h3-10,13-14H,11-12,15-16H2,1-2H3,(H,27,31). The van der Waals surface area contributed by atoms with Crippen LogP contribution < -0.4 is 10.2 Å². The number of amides is 1. The van der Waals surface area contributed by atoms with Crippen LogP contribution in [0.5, 0.6) is 0 Å². The number of nitrogens with zero attached hydrogens (tertiary/aromatic N) is 3. The Bertz CT molecular complexity index is 1210. The van der Waals surface area contributed by atoms with E-state index in [1.807, 2.05) is 49.1 Å². The molecule has 8 heteroatoms. The van der Waals surface area contributed by atoms with Crippen LogP contribution in [0.15, 0.2) is 65.3 Å². The molecule has 2 heterocycles. The van der Waals surface area contributed by atoms with Gasteiger partial charge in [-0.25, -0.2) is 9.37 Å². The van der Waals surface area contributed by atoms with Crippen molar-refractivity contribution in [2.24, 2.45) is 0 Å². The van der Waals surface area contributed by atoms with E-state index in [4.69, 9.17) is 4.42 Å². The minimum absolute atomic E-state index is 0.0706. The zero-order chi connectivity index (χ0) is 23.2. The number of carbonyl (C=O) groups is 1. The second kappa shape index (κ2) is 10.4. The topological polar surface area (TPSA) is 71.3 Å². The monoisotopic (exact) mass is 464 g/mol. The molecule has 6 nitrogen and oxygen atoms in total. The minimum atomic E-state index is -0.269. The van der Waals surface area contributed by atoms with Gasteiger partial charge >= 0.3 is 0 Å². The molecule has 1 N–H and O–H groups in total. The number of aromatic nitrogens is 2. The number of furan rings is 1. The van der Waals surface area contributed by atoms with Gasteiger partial charge in [0.2, 0.25) is 11.0 Å². The maximum atomic E-state index is 13.2. The normalized spacial score (nSPS) is 10.9. The predicted molar refractivity (Wildman–Crippen MR) is 128 cm³/mol. The minimum Gasteiger partial charge on any atom is -0.467 e. The van der Waals surface area contributed by atoms with E-state index in [9.17, 15) is 9.18 Å². The number of benzene rings is 2. The van der Waals surface area contributed by atoms with Gasteiger partial charge in [0.25, 0.3) is 0 Å². The zero-order valence-electron chi connectivity index (χ0n) is 18.5. The molecule has 0 saturated carbocycles. The van der Waals surface area contributed by atoms with E-state index < -0.39 is 0 Å². The molecule has 33 heavy (non-hydrogen) atoms. The quantitative estimate of drug-likeness (QED) is 0.353. The van der Waals surface area contributed by atoms with Crippen molar-refractivity contribution in [2.45, 2.75) is 33.2 Å². The summed E-state index contributed by atoms with van der Waals surface area (Å²) < 4.78 is 23.1. The summed E-state index contributed by atoms with van der Waals surface area (Å²) in [6, 6.07) is 15.9. The van der Waals surface area contributed by atoms with Crippen LogP contribution in [0.3, 0.4) is 0 Å². The molecule has 4 rings (SSSR count). The van der Waals surface area contributed by atoms with Crippen LogP contribution in [0.25, 0.3) is 0 Å². The molecule has 4 aromatic rings. The average molecular weight is 465 g/mol. The highest BCUT2D eigenvalue weighted by molar-refractivity contribution is 7.09. The van der Waals surface area contributed by atoms with Crippen LogP contribution in [-0.4, -0.2) is 21.8 Å². The van der Waals surface area contributed by atoms with Crippen molar-refractivity contribution in [3.05, 3.63) is 95.0 Å². The van der Waals surface area contributed by atoms with Crippen molar-refractivity contribution in [3.8, 4) is 0 Å². The summed E-state index contributed by atoms with van der Waals surface area (Å²) >= 11 is 1.28. The lowest BCUT2D eigenvalue weighted by Gasteiger charge is -2.20. The number of hydrogen-bond acceptors (Lipinski definition) is 6. The average Bonchev–Trinajstić information content (AvgIpc) is 3.47. The lowest BCUT2D eigenvalue weighted by atomic mass is 10.1. The summed E-state index contributed by atoms with van der Waals surface area (Å²) in [5.41, 5.74) is 4.05. The molecular weight excluding hydrogens is 439 g/mol. The predicted octanol–water partition coefficient (Wildman–Crippen LogP) is 5.51. The Morgan fingerprint density at radius 2 is 1.94 bits per heavy atom. The fourth-order valence-corrected chi connectivity index (χ4v) is 4.05. The first-order chi connectivity index (χ1) is 16.0. The molecule has 0 spiro atoms. The molecule has 0 fully saturated rings. The Balaban J connectivity index is 1.42. The van der Waals surface area contributed by atoms with E-state index in [1.165, 1.54) is 29.2 Å². The highest BCUT2D eigenvalue weighted by Gasteiger charge is 2.17. The third-order valence-corrected chi connectivity index (χ3v) is 6.14. The fraction of sp³-hybridized carbons (Fsp3) is 0.240. The van der Waals surface area contributed by atoms with Crippen molar-refractivity contribution in [3.63, 3.8) is 0 Å². The van der Waals surface area contributed by atoms with Crippen LogP contribution >= 0.6 is 11.5 Å². The van der Waals surface area contributed by atoms with Gasteiger partial charge < -0.3 is 14.6 Å². The molecular formula is C25H25FN4O2S. The van der Waals surface area contributed by atoms with Crippen LogP contribution in [0.2, 0.25) is 0 Å². The van der Waals surface area contributed by atoms with Gasteiger partial charge in [-0.05, 0) is 66.9 Å². The Kier molecular flexibility index (Phi) is 7.14. The van der Waals surface area contributed by atoms with Crippen LogP contribution in [0.1, 0.15) is 34.7 Å². The number of rotatable bonds is 9. The van der Waals surface area contributed by atoms with Gasteiger partial charge in [-0.1, -0.05) is 18.2 Å². The van der Waals surface area contributed by atoms with Crippen LogP contribution in [-0.2, 0) is 17.8 Å². The molecule has 0 atom stereocenters. The summed E-state index contributed by atoms with van der Waals surface area (Å²) in [7, 11) is 0. The lowest BCUT2D eigenvalue weighted by Crippen LogP contribution is -2.27. The van der Waals surface area contributed by atoms with E-state index in [2.05, 4.69) is 14.7 Å². The van der Waals surface area contributed by atoms with Gasteiger partial charge in [0, 0.05) is 36.6 Å². The number of halogens is 1. The molecule has 0 aliphatic rings. The van der Waals surface area contributed by atoms with Gasteiger partial charge in [-0.3, -0.25) is 4.79 Å². The number of anilines is 2. The molecule has 2 aromatic heterocycles. The van der Waals surface area contributed by atoms with E-state index in [1.54, 1.807) is 18.4 Å². The van der Waals surface area contributed by atoms with Gasteiger partial charge in [0.15, 0.2) is 0 Å². The molecule has 0 bridgehead atoms. The molecule has 0 aliphatic heterocycles. The molecule has 2 aromatic carbocycles. The highest BCUT2D eigenvalue weighted by Crippen LogP contribution is 2.22. The SMILES string of the molecule is Cc1ccc(NC(=O)CCN(Cc2ccco2)c2nc(Cc3ccc(F)cc3)ns2)cc1C. The summed E-state index contributed by atoms with van der Waals surface area (Å²) in [5, 5.41) is 3.68. The Hall–Kier alpha value is -3.52. The third-order valence-electron chi connectivity index (χ3n) is 5.33. The highest BCUT2D eigenvalue weighted by atomic mass is 32.1. The number of hydrogen-bond donors (Lipinski definition) is 1. The molecule has 0 saturated heterocycles. The van der Waals surface area contributed by atoms with Crippen molar-refractivity contribution < 1.29 is 13.6 Å². The molecule has 0 unspecified atom stereocenters. The van der Waals surface area contributed by atoms with Gasteiger partial charge in [0.05, 0.1) is 12.8 Å². The molecule has 1 amide bonds. The second-order valence-corrected chi connectivity index (χ2v) is 8.62. The summed E-state index contributed by atoms with van der Waals surface area (Å²) in [4.78, 5) is 19.2. The zero-order valence-corrected chi connectivity index (χ0v) is 19.4. The smallest absolute Gasteiger partial charge is 0.226 e. The molecule has 170 valence electrons. The van der Waals surface area contributed by atoms with Crippen molar-refractivity contribution in [2.75, 3.05) is 16.8 Å². The number of carbonyl (C=O) groups excluding carboxylic acids is 1. The van der Waals surface area contributed by atoms with Gasteiger partial charge in [-0.15, -0.1) is 0 Å². The fourth-order valence-electron chi connectivity index (χ4n) is 3.34. The Morgan fingerprint density at radius 1 is 1.12 bits per heavy atom. The Morgan fingerprint density at radius 3 is 2.67 bits per heavy atom. The lowest BCUT2D eigenvalue weighted by molar-refractivity contribution is -0.116. The van der Waals surface area contributed by atoms with Crippen molar-refractivity contribution in [1.29, 1.82) is 0 Å². The van der Waals surface area contributed by atoms with E-state index >= 15 is 0 Å². The van der Waals surface area contributed by atoms with Crippen molar-refractivity contribution >= 4 is 28.3 Å². The second-order valence-electron chi connectivity index (χ2n) is 7.89. The first kappa shape index (κ1) is 22.7. The van der Waals surface area contributed by atoms with E-state index in [0.29, 0.717) is 36.9 Å². The Labute approximate surface area is 196 Å². The van der Waals surface area contributed by atoms with E-state index in [0.717, 1.165) is 22.6 Å². The summed E-state index contributed by atoms with van der Waals surface area (Å²) in [6.07, 6.45) is 2.43. The van der Waals surface area contributed by atoms with Gasteiger partial charge in [-0.2, -0.15) is 4.37 Å². The first-order valence-corrected chi connectivity index (χ1v) is 11.4. The number of nitrogens with one attached hydrogen (secondary N) is 1.